The van der Waals surface area contributed by atoms with Crippen molar-refractivity contribution in [1.29, 1.82) is 0 Å². The smallest absolute Gasteiger partial charge is 0.222 e. The molecule has 0 spiro atoms. The summed E-state index contributed by atoms with van der Waals surface area (Å²) in [7, 11) is 1.88. The van der Waals surface area contributed by atoms with Gasteiger partial charge in [-0.1, -0.05) is 37.3 Å². The molecular weight excluding hydrogens is 288 g/mol. The Morgan fingerprint density at radius 1 is 1.39 bits per heavy atom. The SMILES string of the molecule is CC(CC(=O)N(C)CCOCc1ccccc1)C1CCCNC1. The molecule has 0 aliphatic carbocycles. The van der Waals surface area contributed by atoms with Crippen molar-refractivity contribution in [2.45, 2.75) is 32.8 Å². The monoisotopic (exact) mass is 318 g/mol. The Balaban J connectivity index is 1.62. The van der Waals surface area contributed by atoms with Crippen molar-refractivity contribution in [3.05, 3.63) is 35.9 Å². The molecule has 1 N–H and O–H groups in total. The Kier molecular flexibility index (Phi) is 7.56. The Morgan fingerprint density at radius 2 is 2.17 bits per heavy atom. The van der Waals surface area contributed by atoms with Gasteiger partial charge in [0.15, 0.2) is 0 Å². The summed E-state index contributed by atoms with van der Waals surface area (Å²) in [4.78, 5) is 14.1. The second-order valence-corrected chi connectivity index (χ2v) is 6.64. The van der Waals surface area contributed by atoms with Gasteiger partial charge in [-0.05, 0) is 43.3 Å². The van der Waals surface area contributed by atoms with Gasteiger partial charge < -0.3 is 15.0 Å². The molecule has 1 amide bonds. The van der Waals surface area contributed by atoms with E-state index < -0.39 is 0 Å². The first-order valence-electron chi connectivity index (χ1n) is 8.73. The summed E-state index contributed by atoms with van der Waals surface area (Å²) in [5, 5.41) is 3.43. The van der Waals surface area contributed by atoms with Gasteiger partial charge >= 0.3 is 0 Å². The van der Waals surface area contributed by atoms with Gasteiger partial charge in [0.05, 0.1) is 13.2 Å². The van der Waals surface area contributed by atoms with E-state index in [1.54, 1.807) is 4.90 Å². The van der Waals surface area contributed by atoms with Gasteiger partial charge in [-0.2, -0.15) is 0 Å². The molecular formula is C19H30N2O2. The average molecular weight is 318 g/mol. The number of hydrogen-bond donors (Lipinski definition) is 1. The van der Waals surface area contributed by atoms with Crippen LogP contribution in [-0.4, -0.2) is 44.1 Å². The normalized spacial score (nSPS) is 19.3. The van der Waals surface area contributed by atoms with Crippen LogP contribution in [-0.2, 0) is 16.1 Å². The van der Waals surface area contributed by atoms with E-state index in [1.165, 1.54) is 18.4 Å². The number of nitrogens with one attached hydrogen (secondary N) is 1. The number of carbonyl (C=O) groups excluding carboxylic acids is 1. The van der Waals surface area contributed by atoms with Gasteiger partial charge in [-0.25, -0.2) is 0 Å². The number of benzene rings is 1. The fraction of sp³-hybridized carbons (Fsp3) is 0.632. The minimum atomic E-state index is 0.228. The molecule has 1 aromatic rings. The molecule has 1 aliphatic heterocycles. The first kappa shape index (κ1) is 18.0. The predicted octanol–water partition coefficient (Wildman–Crippen LogP) is 2.69. The van der Waals surface area contributed by atoms with Crippen LogP contribution in [0.3, 0.4) is 0 Å². The van der Waals surface area contributed by atoms with Crippen molar-refractivity contribution in [3.63, 3.8) is 0 Å². The molecule has 0 aromatic heterocycles. The number of nitrogens with zero attached hydrogens (tertiary/aromatic N) is 1. The van der Waals surface area contributed by atoms with E-state index in [-0.39, 0.29) is 5.91 Å². The van der Waals surface area contributed by atoms with Gasteiger partial charge in [0.1, 0.15) is 0 Å². The summed E-state index contributed by atoms with van der Waals surface area (Å²) in [5.74, 6) is 1.31. The second-order valence-electron chi connectivity index (χ2n) is 6.64. The maximum atomic E-state index is 12.3. The Bertz CT molecular complexity index is 458. The lowest BCUT2D eigenvalue weighted by molar-refractivity contribution is -0.132. The molecule has 128 valence electrons. The van der Waals surface area contributed by atoms with Crippen LogP contribution >= 0.6 is 0 Å². The number of ether oxygens (including phenoxy) is 1. The summed E-state index contributed by atoms with van der Waals surface area (Å²) < 4.78 is 5.66. The average Bonchev–Trinajstić information content (AvgIpc) is 2.60. The van der Waals surface area contributed by atoms with Gasteiger partial charge in [-0.15, -0.1) is 0 Å². The van der Waals surface area contributed by atoms with Gasteiger partial charge in [0.25, 0.3) is 0 Å². The summed E-state index contributed by atoms with van der Waals surface area (Å²) in [6.07, 6.45) is 3.11. The number of rotatable bonds is 8. The molecule has 0 bridgehead atoms. The molecule has 2 rings (SSSR count). The third kappa shape index (κ3) is 6.32. The van der Waals surface area contributed by atoms with Gasteiger partial charge in [-0.3, -0.25) is 4.79 Å². The topological polar surface area (TPSA) is 41.6 Å². The Labute approximate surface area is 140 Å². The molecule has 23 heavy (non-hydrogen) atoms. The lowest BCUT2D eigenvalue weighted by Crippen LogP contribution is -2.36. The number of amides is 1. The molecule has 4 heteroatoms. The van der Waals surface area contributed by atoms with Gasteiger partial charge in [0.2, 0.25) is 5.91 Å². The third-order valence-corrected chi connectivity index (χ3v) is 4.74. The summed E-state index contributed by atoms with van der Waals surface area (Å²) >= 11 is 0. The molecule has 1 aromatic carbocycles. The standard InChI is InChI=1S/C19H30N2O2/c1-16(18-9-6-10-20-14-18)13-19(22)21(2)11-12-23-15-17-7-4-3-5-8-17/h3-5,7-8,16,18,20H,6,9-15H2,1-2H3. The lowest BCUT2D eigenvalue weighted by atomic mass is 9.85. The number of piperidine rings is 1. The highest BCUT2D eigenvalue weighted by Gasteiger charge is 2.23. The van der Waals surface area contributed by atoms with Crippen LogP contribution in [0.1, 0.15) is 31.7 Å². The fourth-order valence-electron chi connectivity index (χ4n) is 3.05. The van der Waals surface area contributed by atoms with Crippen molar-refractivity contribution in [2.24, 2.45) is 11.8 Å². The maximum Gasteiger partial charge on any atom is 0.222 e. The minimum Gasteiger partial charge on any atom is -0.375 e. The highest BCUT2D eigenvalue weighted by atomic mass is 16.5. The third-order valence-electron chi connectivity index (χ3n) is 4.74. The van der Waals surface area contributed by atoms with Crippen LogP contribution in [0, 0.1) is 11.8 Å². The minimum absolute atomic E-state index is 0.228. The predicted molar refractivity (Wildman–Crippen MR) is 93.1 cm³/mol. The van der Waals surface area contributed by atoms with E-state index in [4.69, 9.17) is 4.74 Å². The number of hydrogen-bond acceptors (Lipinski definition) is 3. The summed E-state index contributed by atoms with van der Waals surface area (Å²) in [6, 6.07) is 10.1. The van der Waals surface area contributed by atoms with Crippen LogP contribution in [0.4, 0.5) is 0 Å². The molecule has 1 heterocycles. The maximum absolute atomic E-state index is 12.3. The van der Waals surface area contributed by atoms with E-state index in [0.29, 0.717) is 38.0 Å². The van der Waals surface area contributed by atoms with Crippen LogP contribution in [0.15, 0.2) is 30.3 Å². The van der Waals surface area contributed by atoms with Crippen molar-refractivity contribution < 1.29 is 9.53 Å². The van der Waals surface area contributed by atoms with Gasteiger partial charge in [0, 0.05) is 20.0 Å². The van der Waals surface area contributed by atoms with Crippen molar-refractivity contribution in [1.82, 2.24) is 10.2 Å². The van der Waals surface area contributed by atoms with Crippen molar-refractivity contribution >= 4 is 5.91 Å². The Morgan fingerprint density at radius 3 is 2.87 bits per heavy atom. The van der Waals surface area contributed by atoms with Crippen molar-refractivity contribution in [3.8, 4) is 0 Å². The first-order chi connectivity index (χ1) is 11.2. The van der Waals surface area contributed by atoms with Crippen LogP contribution in [0.25, 0.3) is 0 Å². The number of likely N-dealkylation sites (N-methyl/N-ethyl adjacent to an activating group) is 1. The van der Waals surface area contributed by atoms with Crippen LogP contribution in [0.5, 0.6) is 0 Å². The number of carbonyl (C=O) groups is 1. The van der Waals surface area contributed by atoms with E-state index in [2.05, 4.69) is 24.4 Å². The fourth-order valence-corrected chi connectivity index (χ4v) is 3.05. The highest BCUT2D eigenvalue weighted by Crippen LogP contribution is 2.22. The highest BCUT2D eigenvalue weighted by molar-refractivity contribution is 5.76. The summed E-state index contributed by atoms with van der Waals surface area (Å²) in [5.41, 5.74) is 1.17. The van der Waals surface area contributed by atoms with E-state index in [0.717, 1.165) is 13.1 Å². The molecule has 1 fully saturated rings. The molecule has 2 unspecified atom stereocenters. The zero-order valence-corrected chi connectivity index (χ0v) is 14.5. The second kappa shape index (κ2) is 9.68. The molecule has 1 saturated heterocycles. The van der Waals surface area contributed by atoms with E-state index >= 15 is 0 Å². The molecule has 0 saturated carbocycles. The first-order valence-corrected chi connectivity index (χ1v) is 8.73. The molecule has 4 nitrogen and oxygen atoms in total. The zero-order valence-electron chi connectivity index (χ0n) is 14.5. The van der Waals surface area contributed by atoms with E-state index in [1.807, 2.05) is 25.2 Å². The van der Waals surface area contributed by atoms with Crippen molar-refractivity contribution in [2.75, 3.05) is 33.3 Å². The molecule has 0 radical (unpaired) electrons. The van der Waals surface area contributed by atoms with Crippen LogP contribution < -0.4 is 5.32 Å². The zero-order chi connectivity index (χ0) is 16.5. The quantitative estimate of drug-likeness (QED) is 0.749. The molecule has 2 atom stereocenters. The lowest BCUT2D eigenvalue weighted by Gasteiger charge is -2.29. The molecule has 1 aliphatic rings. The largest absolute Gasteiger partial charge is 0.375 e. The van der Waals surface area contributed by atoms with E-state index in [9.17, 15) is 4.79 Å². The van der Waals surface area contributed by atoms with Crippen LogP contribution in [0.2, 0.25) is 0 Å². The Hall–Kier alpha value is -1.39. The summed E-state index contributed by atoms with van der Waals surface area (Å²) in [6.45, 7) is 6.22.